The summed E-state index contributed by atoms with van der Waals surface area (Å²) in [5.74, 6) is -0.0223. The van der Waals surface area contributed by atoms with Crippen molar-refractivity contribution in [2.45, 2.75) is 37.5 Å². The fourth-order valence-electron chi connectivity index (χ4n) is 2.48. The third kappa shape index (κ3) is 3.29. The third-order valence-electron chi connectivity index (χ3n) is 3.68. The Labute approximate surface area is 122 Å². The summed E-state index contributed by atoms with van der Waals surface area (Å²) in [5.41, 5.74) is 0.935. The van der Waals surface area contributed by atoms with Crippen molar-refractivity contribution in [3.8, 4) is 0 Å². The Bertz CT molecular complexity index is 455. The Kier molecular flexibility index (Phi) is 4.38. The maximum Gasteiger partial charge on any atom is 0.252 e. The second-order valence-electron chi connectivity index (χ2n) is 5.36. The Balaban J connectivity index is 2.01. The zero-order valence-corrected chi connectivity index (χ0v) is 13.0. The summed E-state index contributed by atoms with van der Waals surface area (Å²) >= 11 is 7.67. The summed E-state index contributed by atoms with van der Waals surface area (Å²) in [6.45, 7) is 3.01. The van der Waals surface area contributed by atoms with E-state index in [0.717, 1.165) is 15.9 Å². The van der Waals surface area contributed by atoms with Crippen molar-refractivity contribution in [2.24, 2.45) is 5.41 Å². The molecule has 0 aromatic heterocycles. The van der Waals surface area contributed by atoms with Gasteiger partial charge in [-0.25, -0.2) is 0 Å². The molecule has 0 spiro atoms. The van der Waals surface area contributed by atoms with E-state index in [9.17, 15) is 4.79 Å². The maximum absolute atomic E-state index is 12.1. The first-order valence-corrected chi connectivity index (χ1v) is 7.51. The summed E-state index contributed by atoms with van der Waals surface area (Å²) in [6.07, 6.45) is 4.98. The smallest absolute Gasteiger partial charge is 0.252 e. The lowest BCUT2D eigenvalue weighted by atomic mass is 9.89. The van der Waals surface area contributed by atoms with Crippen LogP contribution in [-0.2, 0) is 0 Å². The molecule has 4 heteroatoms. The molecule has 18 heavy (non-hydrogen) atoms. The van der Waals surface area contributed by atoms with Gasteiger partial charge in [0.2, 0.25) is 0 Å². The van der Waals surface area contributed by atoms with Gasteiger partial charge in [0.05, 0.1) is 5.56 Å². The number of amides is 1. The molecule has 0 heterocycles. The van der Waals surface area contributed by atoms with Gasteiger partial charge in [0.25, 0.3) is 5.91 Å². The van der Waals surface area contributed by atoms with E-state index in [4.69, 9.17) is 0 Å². The SMILES string of the molecule is CC1(CNC(=O)c2cc(S)ccc2Br)CCCC1. The minimum atomic E-state index is -0.0223. The summed E-state index contributed by atoms with van der Waals surface area (Å²) in [7, 11) is 0. The van der Waals surface area contributed by atoms with Gasteiger partial charge in [-0.15, -0.1) is 12.6 Å². The number of carbonyl (C=O) groups is 1. The molecule has 1 amide bonds. The molecule has 1 saturated carbocycles. The van der Waals surface area contributed by atoms with Gasteiger partial charge in [0, 0.05) is 15.9 Å². The number of carbonyl (C=O) groups excluding carboxylic acids is 1. The molecular weight excluding hydrogens is 310 g/mol. The molecule has 0 bridgehead atoms. The van der Waals surface area contributed by atoms with E-state index >= 15 is 0 Å². The van der Waals surface area contributed by atoms with Crippen LogP contribution in [0.2, 0.25) is 0 Å². The Morgan fingerprint density at radius 3 is 2.78 bits per heavy atom. The number of halogens is 1. The topological polar surface area (TPSA) is 29.1 Å². The van der Waals surface area contributed by atoms with Gasteiger partial charge in [-0.1, -0.05) is 19.8 Å². The van der Waals surface area contributed by atoms with Crippen molar-refractivity contribution in [1.29, 1.82) is 0 Å². The minimum Gasteiger partial charge on any atom is -0.351 e. The van der Waals surface area contributed by atoms with E-state index in [1.807, 2.05) is 12.1 Å². The van der Waals surface area contributed by atoms with Crippen molar-refractivity contribution in [2.75, 3.05) is 6.54 Å². The largest absolute Gasteiger partial charge is 0.351 e. The average Bonchev–Trinajstić information content (AvgIpc) is 2.77. The molecule has 0 radical (unpaired) electrons. The average molecular weight is 328 g/mol. The Morgan fingerprint density at radius 2 is 2.11 bits per heavy atom. The monoisotopic (exact) mass is 327 g/mol. The highest BCUT2D eigenvalue weighted by molar-refractivity contribution is 9.10. The molecule has 2 nitrogen and oxygen atoms in total. The normalized spacial score (nSPS) is 17.7. The van der Waals surface area contributed by atoms with Gasteiger partial charge in [-0.3, -0.25) is 4.79 Å². The zero-order chi connectivity index (χ0) is 13.2. The van der Waals surface area contributed by atoms with Crippen LogP contribution in [0.15, 0.2) is 27.6 Å². The van der Waals surface area contributed by atoms with Crippen LogP contribution in [-0.4, -0.2) is 12.5 Å². The number of thiol groups is 1. The molecule has 0 aliphatic heterocycles. The number of hydrogen-bond acceptors (Lipinski definition) is 2. The van der Waals surface area contributed by atoms with Crippen LogP contribution in [0.5, 0.6) is 0 Å². The number of hydrogen-bond donors (Lipinski definition) is 2. The van der Waals surface area contributed by atoms with Crippen LogP contribution in [0.25, 0.3) is 0 Å². The first-order valence-electron chi connectivity index (χ1n) is 6.27. The van der Waals surface area contributed by atoms with Crippen molar-refractivity contribution < 1.29 is 4.79 Å². The van der Waals surface area contributed by atoms with Crippen molar-refractivity contribution in [3.63, 3.8) is 0 Å². The molecule has 98 valence electrons. The van der Waals surface area contributed by atoms with E-state index in [-0.39, 0.29) is 11.3 Å². The molecule has 1 aromatic carbocycles. The second kappa shape index (κ2) is 5.66. The summed E-state index contributed by atoms with van der Waals surface area (Å²) in [4.78, 5) is 12.9. The van der Waals surface area contributed by atoms with Crippen molar-refractivity contribution in [3.05, 3.63) is 28.2 Å². The summed E-state index contributed by atoms with van der Waals surface area (Å²) < 4.78 is 0.814. The predicted molar refractivity (Wildman–Crippen MR) is 80.3 cm³/mol. The first kappa shape index (κ1) is 13.9. The van der Waals surface area contributed by atoms with Crippen LogP contribution in [0, 0.1) is 5.41 Å². The molecule has 1 aliphatic carbocycles. The molecule has 0 atom stereocenters. The van der Waals surface area contributed by atoms with Crippen molar-refractivity contribution >= 4 is 34.5 Å². The fraction of sp³-hybridized carbons (Fsp3) is 0.500. The molecule has 1 fully saturated rings. The van der Waals surface area contributed by atoms with Crippen LogP contribution in [0.3, 0.4) is 0 Å². The lowest BCUT2D eigenvalue weighted by molar-refractivity contribution is 0.0933. The number of rotatable bonds is 3. The Hall–Kier alpha value is -0.480. The molecular formula is C14H18BrNOS. The number of benzene rings is 1. The van der Waals surface area contributed by atoms with E-state index in [2.05, 4.69) is 40.8 Å². The number of nitrogens with one attached hydrogen (secondary N) is 1. The summed E-state index contributed by atoms with van der Waals surface area (Å²) in [5, 5.41) is 3.05. The van der Waals surface area contributed by atoms with Gasteiger partial charge in [-0.05, 0) is 52.4 Å². The van der Waals surface area contributed by atoms with Crippen LogP contribution < -0.4 is 5.32 Å². The zero-order valence-electron chi connectivity index (χ0n) is 10.5. The Morgan fingerprint density at radius 1 is 1.44 bits per heavy atom. The maximum atomic E-state index is 12.1. The van der Waals surface area contributed by atoms with E-state index in [1.165, 1.54) is 25.7 Å². The van der Waals surface area contributed by atoms with Crippen LogP contribution in [0.1, 0.15) is 43.0 Å². The standard InChI is InChI=1S/C14H18BrNOS/c1-14(6-2-3-7-14)9-16-13(17)11-8-10(18)4-5-12(11)15/h4-5,8,18H,2-3,6-7,9H2,1H3,(H,16,17). The van der Waals surface area contributed by atoms with Crippen LogP contribution >= 0.6 is 28.6 Å². The highest BCUT2D eigenvalue weighted by Gasteiger charge is 2.29. The van der Waals surface area contributed by atoms with E-state index < -0.39 is 0 Å². The molecule has 1 aromatic rings. The van der Waals surface area contributed by atoms with Gasteiger partial charge in [0.15, 0.2) is 0 Å². The van der Waals surface area contributed by atoms with Gasteiger partial charge < -0.3 is 5.32 Å². The fourth-order valence-corrected chi connectivity index (χ4v) is 3.11. The minimum absolute atomic E-state index is 0.0223. The van der Waals surface area contributed by atoms with E-state index in [0.29, 0.717) is 5.56 Å². The van der Waals surface area contributed by atoms with Gasteiger partial charge in [-0.2, -0.15) is 0 Å². The second-order valence-corrected chi connectivity index (χ2v) is 6.74. The van der Waals surface area contributed by atoms with Gasteiger partial charge >= 0.3 is 0 Å². The lowest BCUT2D eigenvalue weighted by Gasteiger charge is -2.23. The lowest BCUT2D eigenvalue weighted by Crippen LogP contribution is -2.34. The third-order valence-corrected chi connectivity index (χ3v) is 4.65. The first-order chi connectivity index (χ1) is 8.50. The van der Waals surface area contributed by atoms with Crippen LogP contribution in [0.4, 0.5) is 0 Å². The highest BCUT2D eigenvalue weighted by Crippen LogP contribution is 2.36. The highest BCUT2D eigenvalue weighted by atomic mass is 79.9. The van der Waals surface area contributed by atoms with Crippen molar-refractivity contribution in [1.82, 2.24) is 5.32 Å². The summed E-state index contributed by atoms with van der Waals surface area (Å²) in [6, 6.07) is 5.51. The molecule has 1 N–H and O–H groups in total. The molecule has 1 aliphatic rings. The molecule has 2 rings (SSSR count). The quantitative estimate of drug-likeness (QED) is 0.806. The van der Waals surface area contributed by atoms with Gasteiger partial charge in [0.1, 0.15) is 0 Å². The molecule has 0 unspecified atom stereocenters. The van der Waals surface area contributed by atoms with E-state index in [1.54, 1.807) is 6.07 Å². The predicted octanol–water partition coefficient (Wildman–Crippen LogP) is 4.05. The molecule has 0 saturated heterocycles.